The van der Waals surface area contributed by atoms with Crippen LogP contribution in [-0.4, -0.2) is 25.0 Å². The summed E-state index contributed by atoms with van der Waals surface area (Å²) in [5.41, 5.74) is -1.38. The third kappa shape index (κ3) is 2.65. The lowest BCUT2D eigenvalue weighted by atomic mass is 9.70. The molecule has 0 aromatic carbocycles. The van der Waals surface area contributed by atoms with Crippen molar-refractivity contribution in [3.8, 4) is 0 Å². The molecule has 5 nitrogen and oxygen atoms in total. The molecule has 0 aliphatic heterocycles. The standard InChI is InChI=1S/C11H14ClNO4S2/c1-6-4-11(5-6,10(14)15)13-19(16,17)8-3-9(12)18-7(8)2/h3,6,13H,4-5H2,1-2H3,(H,14,15). The Morgan fingerprint density at radius 3 is 2.53 bits per heavy atom. The molecule has 2 rings (SSSR count). The zero-order valence-corrected chi connectivity index (χ0v) is 12.8. The summed E-state index contributed by atoms with van der Waals surface area (Å²) in [7, 11) is -3.86. The van der Waals surface area contributed by atoms with Crippen molar-refractivity contribution >= 4 is 38.9 Å². The summed E-state index contributed by atoms with van der Waals surface area (Å²) in [6.07, 6.45) is 0.608. The summed E-state index contributed by atoms with van der Waals surface area (Å²) in [4.78, 5) is 11.9. The van der Waals surface area contributed by atoms with Crippen molar-refractivity contribution in [2.45, 2.75) is 37.1 Å². The molecule has 106 valence electrons. The van der Waals surface area contributed by atoms with E-state index >= 15 is 0 Å². The van der Waals surface area contributed by atoms with Gasteiger partial charge in [0, 0.05) is 4.88 Å². The van der Waals surface area contributed by atoms with Crippen LogP contribution < -0.4 is 4.72 Å². The highest BCUT2D eigenvalue weighted by atomic mass is 35.5. The first-order valence-corrected chi connectivity index (χ1v) is 8.37. The first kappa shape index (κ1) is 14.8. The van der Waals surface area contributed by atoms with Crippen molar-refractivity contribution in [2.75, 3.05) is 0 Å². The second-order valence-electron chi connectivity index (χ2n) is 4.98. The molecule has 19 heavy (non-hydrogen) atoms. The lowest BCUT2D eigenvalue weighted by molar-refractivity contribution is -0.149. The van der Waals surface area contributed by atoms with E-state index in [9.17, 15) is 18.3 Å². The van der Waals surface area contributed by atoms with Gasteiger partial charge in [0.05, 0.1) is 9.23 Å². The maximum atomic E-state index is 12.3. The van der Waals surface area contributed by atoms with E-state index in [-0.39, 0.29) is 10.8 Å². The number of hydrogen-bond donors (Lipinski definition) is 2. The van der Waals surface area contributed by atoms with E-state index < -0.39 is 21.5 Å². The van der Waals surface area contributed by atoms with E-state index in [2.05, 4.69) is 4.72 Å². The van der Waals surface area contributed by atoms with Gasteiger partial charge in [0.2, 0.25) is 10.0 Å². The minimum absolute atomic E-state index is 0.0580. The van der Waals surface area contributed by atoms with Gasteiger partial charge in [0.25, 0.3) is 0 Å². The Morgan fingerprint density at radius 2 is 2.16 bits per heavy atom. The van der Waals surface area contributed by atoms with Gasteiger partial charge in [-0.3, -0.25) is 4.79 Å². The number of thiophene rings is 1. The summed E-state index contributed by atoms with van der Waals surface area (Å²) in [6, 6.07) is 1.35. The fraction of sp³-hybridized carbons (Fsp3) is 0.545. The number of halogens is 1. The Balaban J connectivity index is 2.32. The minimum atomic E-state index is -3.86. The topological polar surface area (TPSA) is 83.5 Å². The fourth-order valence-electron chi connectivity index (χ4n) is 2.44. The van der Waals surface area contributed by atoms with E-state index in [4.69, 9.17) is 11.6 Å². The molecule has 0 saturated heterocycles. The molecule has 0 spiro atoms. The zero-order chi connectivity index (χ0) is 14.4. The van der Waals surface area contributed by atoms with Crippen molar-refractivity contribution in [1.29, 1.82) is 0 Å². The Bertz CT molecular complexity index is 617. The molecule has 0 bridgehead atoms. The maximum Gasteiger partial charge on any atom is 0.324 e. The van der Waals surface area contributed by atoms with E-state index in [1.54, 1.807) is 6.92 Å². The van der Waals surface area contributed by atoms with E-state index in [0.717, 1.165) is 11.3 Å². The summed E-state index contributed by atoms with van der Waals surface area (Å²) in [5.74, 6) is -0.931. The molecule has 0 atom stereocenters. The Kier molecular flexibility index (Phi) is 3.68. The number of aliphatic carboxylic acids is 1. The average molecular weight is 324 g/mol. The molecule has 2 N–H and O–H groups in total. The van der Waals surface area contributed by atoms with Crippen LogP contribution >= 0.6 is 22.9 Å². The molecule has 1 aliphatic rings. The highest BCUT2D eigenvalue weighted by molar-refractivity contribution is 7.89. The monoisotopic (exact) mass is 323 g/mol. The summed E-state index contributed by atoms with van der Waals surface area (Å²) in [5, 5.41) is 9.24. The molecule has 1 heterocycles. The van der Waals surface area contributed by atoms with Crippen LogP contribution in [0.5, 0.6) is 0 Å². The highest BCUT2D eigenvalue weighted by Crippen LogP contribution is 2.39. The minimum Gasteiger partial charge on any atom is -0.480 e. The second kappa shape index (κ2) is 4.73. The lowest BCUT2D eigenvalue weighted by Crippen LogP contribution is -2.61. The molecule has 0 unspecified atom stereocenters. The lowest BCUT2D eigenvalue weighted by Gasteiger charge is -2.42. The van der Waals surface area contributed by atoms with Crippen LogP contribution in [0, 0.1) is 12.8 Å². The van der Waals surface area contributed by atoms with Crippen LogP contribution in [0.25, 0.3) is 0 Å². The maximum absolute atomic E-state index is 12.3. The molecule has 1 saturated carbocycles. The quantitative estimate of drug-likeness (QED) is 0.890. The van der Waals surface area contributed by atoms with Gasteiger partial charge in [-0.2, -0.15) is 4.72 Å². The molecule has 1 aliphatic carbocycles. The van der Waals surface area contributed by atoms with Gasteiger partial charge in [0.1, 0.15) is 5.54 Å². The third-order valence-electron chi connectivity index (χ3n) is 3.26. The Hall–Kier alpha value is -0.630. The summed E-state index contributed by atoms with van der Waals surface area (Å²) < 4.78 is 27.2. The first-order valence-electron chi connectivity index (χ1n) is 5.69. The SMILES string of the molecule is Cc1sc(Cl)cc1S(=O)(=O)NC1(C(=O)O)CC(C)C1. The van der Waals surface area contributed by atoms with Gasteiger partial charge in [-0.05, 0) is 31.7 Å². The van der Waals surface area contributed by atoms with Gasteiger partial charge in [-0.25, -0.2) is 8.42 Å². The van der Waals surface area contributed by atoms with Gasteiger partial charge in [-0.15, -0.1) is 11.3 Å². The molecular weight excluding hydrogens is 310 g/mol. The molecule has 1 aromatic heterocycles. The molecular formula is C11H14ClNO4S2. The number of carboxylic acid groups (broad SMARTS) is 1. The van der Waals surface area contributed by atoms with Crippen LogP contribution in [0.3, 0.4) is 0 Å². The molecule has 0 radical (unpaired) electrons. The predicted molar refractivity (Wildman–Crippen MR) is 73.2 cm³/mol. The van der Waals surface area contributed by atoms with E-state index in [1.807, 2.05) is 6.92 Å². The van der Waals surface area contributed by atoms with Crippen molar-refractivity contribution in [1.82, 2.24) is 4.72 Å². The fourth-order valence-corrected chi connectivity index (χ4v) is 5.65. The van der Waals surface area contributed by atoms with Crippen molar-refractivity contribution in [3.63, 3.8) is 0 Å². The molecule has 0 amide bonds. The van der Waals surface area contributed by atoms with Crippen LogP contribution in [0.4, 0.5) is 0 Å². The molecule has 1 fully saturated rings. The van der Waals surface area contributed by atoms with E-state index in [0.29, 0.717) is 22.1 Å². The Labute approximate surface area is 120 Å². The number of carboxylic acids is 1. The van der Waals surface area contributed by atoms with Crippen LogP contribution in [-0.2, 0) is 14.8 Å². The van der Waals surface area contributed by atoms with Crippen molar-refractivity contribution in [2.24, 2.45) is 5.92 Å². The van der Waals surface area contributed by atoms with Crippen molar-refractivity contribution in [3.05, 3.63) is 15.3 Å². The second-order valence-corrected chi connectivity index (χ2v) is 8.52. The number of rotatable bonds is 4. The van der Waals surface area contributed by atoms with Crippen LogP contribution in [0.15, 0.2) is 11.0 Å². The number of carbonyl (C=O) groups is 1. The predicted octanol–water partition coefficient (Wildman–Crippen LogP) is 2.24. The smallest absolute Gasteiger partial charge is 0.324 e. The van der Waals surface area contributed by atoms with Crippen molar-refractivity contribution < 1.29 is 18.3 Å². The number of aryl methyl sites for hydroxylation is 1. The average Bonchev–Trinajstić information content (AvgIpc) is 2.55. The zero-order valence-electron chi connectivity index (χ0n) is 10.4. The highest BCUT2D eigenvalue weighted by Gasteiger charge is 2.51. The normalized spacial score (nSPS) is 27.0. The summed E-state index contributed by atoms with van der Waals surface area (Å²) in [6.45, 7) is 3.53. The first-order chi connectivity index (χ1) is 8.66. The van der Waals surface area contributed by atoms with Gasteiger partial charge in [0.15, 0.2) is 0 Å². The van der Waals surface area contributed by atoms with E-state index in [1.165, 1.54) is 6.07 Å². The molecule has 1 aromatic rings. The largest absolute Gasteiger partial charge is 0.480 e. The third-order valence-corrected chi connectivity index (χ3v) is 6.24. The number of hydrogen-bond acceptors (Lipinski definition) is 4. The molecule has 8 heteroatoms. The summed E-state index contributed by atoms with van der Waals surface area (Å²) >= 11 is 6.94. The van der Waals surface area contributed by atoms with Crippen LogP contribution in [0.1, 0.15) is 24.6 Å². The Morgan fingerprint density at radius 1 is 1.58 bits per heavy atom. The number of nitrogens with one attached hydrogen (secondary N) is 1. The van der Waals surface area contributed by atoms with Gasteiger partial charge < -0.3 is 5.11 Å². The van der Waals surface area contributed by atoms with Crippen LogP contribution in [0.2, 0.25) is 4.34 Å². The van der Waals surface area contributed by atoms with Gasteiger partial charge in [-0.1, -0.05) is 18.5 Å². The number of sulfonamides is 1. The van der Waals surface area contributed by atoms with Gasteiger partial charge >= 0.3 is 5.97 Å².